The minimum atomic E-state index is 0.215. The van der Waals surface area contributed by atoms with Gasteiger partial charge in [-0.1, -0.05) is 36.4 Å². The third-order valence-corrected chi connectivity index (χ3v) is 4.57. The lowest BCUT2D eigenvalue weighted by Crippen LogP contribution is -1.86. The Hall–Kier alpha value is -4.12. The molecule has 0 unspecified atom stereocenters. The lowest BCUT2D eigenvalue weighted by Gasteiger charge is -2.00. The average molecular weight is 376 g/mol. The van der Waals surface area contributed by atoms with Gasteiger partial charge in [-0.05, 0) is 48.5 Å². The fourth-order valence-electron chi connectivity index (χ4n) is 3.17. The lowest BCUT2D eigenvalue weighted by molar-refractivity contribution is 0.476. The van der Waals surface area contributed by atoms with Crippen LogP contribution in [0.2, 0.25) is 0 Å². The smallest absolute Gasteiger partial charge is 0.117 e. The van der Waals surface area contributed by atoms with E-state index in [0.717, 1.165) is 38.6 Å². The standard InChI is InChI=1S/C12H8N2O.C12H8N2/c15-8-5-6-11-12(7-8)14-10-4-2-1-3-9(10)13-11;1-2-6-10-9(5-1)13-11-7-3-4-8-12(11)14-10/h1-7,15H;1-8H. The zero-order valence-corrected chi connectivity index (χ0v) is 15.4. The fourth-order valence-corrected chi connectivity index (χ4v) is 3.17. The summed E-state index contributed by atoms with van der Waals surface area (Å²) >= 11 is 0. The van der Waals surface area contributed by atoms with Crippen LogP contribution in [0.5, 0.6) is 5.75 Å². The van der Waals surface area contributed by atoms with Gasteiger partial charge in [-0.3, -0.25) is 0 Å². The monoisotopic (exact) mass is 376 g/mol. The third-order valence-electron chi connectivity index (χ3n) is 4.57. The highest BCUT2D eigenvalue weighted by atomic mass is 16.3. The molecule has 6 aromatic rings. The first-order chi connectivity index (χ1) is 14.3. The number of hydrogen-bond donors (Lipinski definition) is 1. The molecule has 0 bridgehead atoms. The Morgan fingerprint density at radius 1 is 0.379 bits per heavy atom. The predicted molar refractivity (Wildman–Crippen MR) is 116 cm³/mol. The summed E-state index contributed by atoms with van der Waals surface area (Å²) in [5.74, 6) is 0.215. The highest BCUT2D eigenvalue weighted by molar-refractivity contribution is 5.87. The van der Waals surface area contributed by atoms with E-state index >= 15 is 0 Å². The molecule has 6 rings (SSSR count). The van der Waals surface area contributed by atoms with E-state index in [0.29, 0.717) is 5.52 Å². The van der Waals surface area contributed by atoms with E-state index in [9.17, 15) is 5.11 Å². The normalized spacial score (nSPS) is 10.9. The molecule has 0 fully saturated rings. The lowest BCUT2D eigenvalue weighted by atomic mass is 10.2. The van der Waals surface area contributed by atoms with Crippen LogP contribution in [0, 0.1) is 0 Å². The second-order valence-electron chi connectivity index (χ2n) is 6.59. The number of rotatable bonds is 0. The van der Waals surface area contributed by atoms with Gasteiger partial charge in [-0.2, -0.15) is 0 Å². The van der Waals surface area contributed by atoms with Gasteiger partial charge in [0.1, 0.15) is 5.75 Å². The quantitative estimate of drug-likeness (QED) is 0.366. The minimum absolute atomic E-state index is 0.215. The van der Waals surface area contributed by atoms with Crippen LogP contribution in [-0.2, 0) is 0 Å². The zero-order valence-electron chi connectivity index (χ0n) is 15.4. The highest BCUT2D eigenvalue weighted by Crippen LogP contribution is 2.19. The Morgan fingerprint density at radius 3 is 1.07 bits per heavy atom. The summed E-state index contributed by atoms with van der Waals surface area (Å²) in [6.45, 7) is 0. The van der Waals surface area contributed by atoms with Crippen LogP contribution in [0.3, 0.4) is 0 Å². The second-order valence-corrected chi connectivity index (χ2v) is 6.59. The molecule has 0 saturated carbocycles. The summed E-state index contributed by atoms with van der Waals surface area (Å²) in [5, 5.41) is 9.33. The van der Waals surface area contributed by atoms with Gasteiger partial charge < -0.3 is 5.11 Å². The van der Waals surface area contributed by atoms with Crippen molar-refractivity contribution in [3.05, 3.63) is 91.0 Å². The molecule has 1 N–H and O–H groups in total. The Balaban J connectivity index is 0.000000125. The number of hydrogen-bond acceptors (Lipinski definition) is 5. The van der Waals surface area contributed by atoms with Crippen LogP contribution in [-0.4, -0.2) is 25.0 Å². The zero-order chi connectivity index (χ0) is 19.6. The van der Waals surface area contributed by atoms with Gasteiger partial charge in [0.05, 0.1) is 44.1 Å². The number of aromatic hydroxyl groups is 1. The number of phenolic OH excluding ortho intramolecular Hbond substituents is 1. The largest absolute Gasteiger partial charge is 0.508 e. The molecule has 138 valence electrons. The first kappa shape index (κ1) is 17.0. The molecule has 0 spiro atoms. The van der Waals surface area contributed by atoms with Crippen molar-refractivity contribution in [2.75, 3.05) is 0 Å². The second kappa shape index (κ2) is 7.13. The molecule has 29 heavy (non-hydrogen) atoms. The van der Waals surface area contributed by atoms with E-state index in [4.69, 9.17) is 0 Å². The summed E-state index contributed by atoms with van der Waals surface area (Å²) < 4.78 is 0. The summed E-state index contributed by atoms with van der Waals surface area (Å²) in [7, 11) is 0. The van der Waals surface area contributed by atoms with Gasteiger partial charge in [-0.15, -0.1) is 0 Å². The molecule has 0 aliphatic heterocycles. The summed E-state index contributed by atoms with van der Waals surface area (Å²) in [5.41, 5.74) is 7.03. The number of phenols is 1. The summed E-state index contributed by atoms with van der Waals surface area (Å²) in [4.78, 5) is 17.9. The summed E-state index contributed by atoms with van der Waals surface area (Å²) in [6.07, 6.45) is 0. The van der Waals surface area contributed by atoms with Crippen molar-refractivity contribution in [3.8, 4) is 5.75 Å². The molecule has 0 aliphatic rings. The minimum Gasteiger partial charge on any atom is -0.508 e. The van der Waals surface area contributed by atoms with Gasteiger partial charge in [0.15, 0.2) is 0 Å². The van der Waals surface area contributed by atoms with Crippen LogP contribution in [0.4, 0.5) is 0 Å². The van der Waals surface area contributed by atoms with Crippen molar-refractivity contribution in [3.63, 3.8) is 0 Å². The molecule has 2 heterocycles. The van der Waals surface area contributed by atoms with E-state index in [2.05, 4.69) is 19.9 Å². The van der Waals surface area contributed by atoms with Crippen LogP contribution in [0.25, 0.3) is 44.1 Å². The van der Waals surface area contributed by atoms with Crippen LogP contribution in [0.1, 0.15) is 0 Å². The molecule has 0 amide bonds. The van der Waals surface area contributed by atoms with E-state index in [1.807, 2.05) is 72.8 Å². The molecule has 0 aliphatic carbocycles. The van der Waals surface area contributed by atoms with Crippen molar-refractivity contribution in [1.29, 1.82) is 0 Å². The number of aromatic nitrogens is 4. The summed E-state index contributed by atoms with van der Waals surface area (Å²) in [6, 6.07) is 28.5. The maximum Gasteiger partial charge on any atom is 0.117 e. The molecule has 5 heteroatoms. The number of benzene rings is 4. The molecule has 5 nitrogen and oxygen atoms in total. The number of nitrogens with zero attached hydrogens (tertiary/aromatic N) is 4. The molecule has 4 aromatic carbocycles. The van der Waals surface area contributed by atoms with Crippen molar-refractivity contribution >= 4 is 44.1 Å². The Morgan fingerprint density at radius 2 is 0.690 bits per heavy atom. The average Bonchev–Trinajstić information content (AvgIpc) is 2.76. The van der Waals surface area contributed by atoms with E-state index in [-0.39, 0.29) is 5.75 Å². The van der Waals surface area contributed by atoms with Gasteiger partial charge in [0.2, 0.25) is 0 Å². The van der Waals surface area contributed by atoms with Crippen molar-refractivity contribution in [2.45, 2.75) is 0 Å². The van der Waals surface area contributed by atoms with E-state index in [1.54, 1.807) is 18.2 Å². The van der Waals surface area contributed by atoms with E-state index in [1.165, 1.54) is 0 Å². The van der Waals surface area contributed by atoms with Crippen molar-refractivity contribution < 1.29 is 5.11 Å². The van der Waals surface area contributed by atoms with Crippen LogP contribution in [0.15, 0.2) is 91.0 Å². The predicted octanol–water partition coefficient (Wildman–Crippen LogP) is 5.27. The molecular formula is C24H16N4O. The maximum absolute atomic E-state index is 9.33. The maximum atomic E-state index is 9.33. The SMILES string of the molecule is Oc1ccc2nc3ccccc3nc2c1.c1ccc2nc3ccccc3nc2c1. The fraction of sp³-hybridized carbons (Fsp3) is 0. The Labute approximate surface area is 166 Å². The third kappa shape index (κ3) is 3.41. The Kier molecular flexibility index (Phi) is 4.18. The van der Waals surface area contributed by atoms with Crippen molar-refractivity contribution in [1.82, 2.24) is 19.9 Å². The van der Waals surface area contributed by atoms with Gasteiger partial charge in [-0.25, -0.2) is 19.9 Å². The Bertz CT molecular complexity index is 1380. The highest BCUT2D eigenvalue weighted by Gasteiger charge is 2.01. The first-order valence-corrected chi connectivity index (χ1v) is 9.23. The molecule has 2 aromatic heterocycles. The van der Waals surface area contributed by atoms with Crippen molar-refractivity contribution in [2.24, 2.45) is 0 Å². The molecule has 0 atom stereocenters. The topological polar surface area (TPSA) is 71.8 Å². The van der Waals surface area contributed by atoms with Crippen LogP contribution < -0.4 is 0 Å². The molecule has 0 saturated heterocycles. The first-order valence-electron chi connectivity index (χ1n) is 9.23. The molecular weight excluding hydrogens is 360 g/mol. The molecule has 0 radical (unpaired) electrons. The van der Waals surface area contributed by atoms with E-state index < -0.39 is 0 Å². The number of para-hydroxylation sites is 6. The van der Waals surface area contributed by atoms with Crippen LogP contribution >= 0.6 is 0 Å². The van der Waals surface area contributed by atoms with Gasteiger partial charge >= 0.3 is 0 Å². The van der Waals surface area contributed by atoms with Gasteiger partial charge in [0.25, 0.3) is 0 Å². The van der Waals surface area contributed by atoms with Gasteiger partial charge in [0, 0.05) is 6.07 Å². The number of fused-ring (bicyclic) bond motifs is 4.